The molecular weight excluding hydrogens is 296 g/mol. The second-order valence-corrected chi connectivity index (χ2v) is 4.62. The predicted octanol–water partition coefficient (Wildman–Crippen LogP) is 3.04. The number of nitrogens with two attached hydrogens (primary N) is 1. The summed E-state index contributed by atoms with van der Waals surface area (Å²) in [6.45, 7) is 1.93. The Labute approximate surface area is 113 Å². The summed E-state index contributed by atoms with van der Waals surface area (Å²) in [5.41, 5.74) is 6.62. The maximum Gasteiger partial charge on any atom is 0.252 e. The van der Waals surface area contributed by atoms with Crippen LogP contribution in [0.25, 0.3) is 0 Å². The molecule has 0 saturated carbocycles. The number of ether oxygens (including phenoxy) is 1. The number of hydrogen-bond donors (Lipinski definition) is 1. The van der Waals surface area contributed by atoms with Crippen molar-refractivity contribution in [2.24, 2.45) is 5.73 Å². The van der Waals surface area contributed by atoms with Crippen molar-refractivity contribution in [2.45, 2.75) is 6.92 Å². The molecule has 1 aromatic carbocycles. The van der Waals surface area contributed by atoms with E-state index in [-0.39, 0.29) is 0 Å². The predicted molar refractivity (Wildman–Crippen MR) is 71.7 cm³/mol. The number of hydrogen-bond acceptors (Lipinski definition) is 3. The lowest BCUT2D eigenvalue weighted by Gasteiger charge is -2.09. The molecule has 0 unspecified atom stereocenters. The van der Waals surface area contributed by atoms with E-state index >= 15 is 0 Å². The van der Waals surface area contributed by atoms with Crippen molar-refractivity contribution in [1.29, 1.82) is 0 Å². The number of halogens is 1. The fraction of sp³-hybridized carbons (Fsp3) is 0.0769. The Hall–Kier alpha value is -1.88. The molecule has 0 spiro atoms. The molecule has 2 aromatic rings. The van der Waals surface area contributed by atoms with Crippen LogP contribution in [0.5, 0.6) is 11.6 Å². The summed E-state index contributed by atoms with van der Waals surface area (Å²) in [6.07, 6.45) is 1.69. The van der Waals surface area contributed by atoms with E-state index < -0.39 is 5.91 Å². The van der Waals surface area contributed by atoms with E-state index in [1.807, 2.05) is 13.0 Å². The smallest absolute Gasteiger partial charge is 0.252 e. The SMILES string of the molecule is Cc1cnc(Oc2ccccc2C(N)=O)c(Br)c1. The van der Waals surface area contributed by atoms with Gasteiger partial charge in [0, 0.05) is 6.20 Å². The monoisotopic (exact) mass is 306 g/mol. The van der Waals surface area contributed by atoms with Crippen molar-refractivity contribution >= 4 is 21.8 Å². The highest BCUT2D eigenvalue weighted by Gasteiger charge is 2.11. The molecule has 18 heavy (non-hydrogen) atoms. The lowest BCUT2D eigenvalue weighted by Crippen LogP contribution is -2.12. The van der Waals surface area contributed by atoms with Crippen molar-refractivity contribution in [3.8, 4) is 11.6 Å². The van der Waals surface area contributed by atoms with Crippen LogP contribution in [-0.4, -0.2) is 10.9 Å². The van der Waals surface area contributed by atoms with Gasteiger partial charge in [-0.05, 0) is 46.6 Å². The highest BCUT2D eigenvalue weighted by atomic mass is 79.9. The lowest BCUT2D eigenvalue weighted by atomic mass is 10.2. The number of para-hydroxylation sites is 1. The first-order chi connectivity index (χ1) is 8.58. The quantitative estimate of drug-likeness (QED) is 0.948. The first kappa shape index (κ1) is 12.6. The van der Waals surface area contributed by atoms with Crippen molar-refractivity contribution in [1.82, 2.24) is 4.98 Å². The highest BCUT2D eigenvalue weighted by Crippen LogP contribution is 2.29. The number of benzene rings is 1. The molecule has 0 atom stereocenters. The highest BCUT2D eigenvalue weighted by molar-refractivity contribution is 9.10. The molecule has 1 amide bonds. The minimum Gasteiger partial charge on any atom is -0.437 e. The third-order valence-corrected chi connectivity index (χ3v) is 2.87. The van der Waals surface area contributed by atoms with Gasteiger partial charge in [-0.15, -0.1) is 0 Å². The van der Waals surface area contributed by atoms with Crippen LogP contribution in [-0.2, 0) is 0 Å². The normalized spacial score (nSPS) is 10.1. The Balaban J connectivity index is 2.37. The summed E-state index contributed by atoms with van der Waals surface area (Å²) in [5.74, 6) is 0.255. The summed E-state index contributed by atoms with van der Waals surface area (Å²) in [4.78, 5) is 15.4. The van der Waals surface area contributed by atoms with E-state index in [0.717, 1.165) is 10.0 Å². The van der Waals surface area contributed by atoms with E-state index in [1.165, 1.54) is 0 Å². The average molecular weight is 307 g/mol. The second kappa shape index (κ2) is 5.18. The number of carbonyl (C=O) groups is 1. The molecule has 0 aliphatic rings. The van der Waals surface area contributed by atoms with E-state index in [2.05, 4.69) is 20.9 Å². The van der Waals surface area contributed by atoms with Crippen LogP contribution in [0.1, 0.15) is 15.9 Å². The standard InChI is InChI=1S/C13H11BrN2O2/c1-8-6-10(14)13(16-7-8)18-11-5-3-2-4-9(11)12(15)17/h2-7H,1H3,(H2,15,17). The zero-order valence-electron chi connectivity index (χ0n) is 9.68. The maximum atomic E-state index is 11.3. The van der Waals surface area contributed by atoms with Crippen molar-refractivity contribution < 1.29 is 9.53 Å². The van der Waals surface area contributed by atoms with E-state index in [4.69, 9.17) is 10.5 Å². The van der Waals surface area contributed by atoms with Gasteiger partial charge in [0.1, 0.15) is 5.75 Å². The molecular formula is C13H11BrN2O2. The third-order valence-electron chi connectivity index (χ3n) is 2.30. The van der Waals surface area contributed by atoms with Crippen LogP contribution in [0.3, 0.4) is 0 Å². The van der Waals surface area contributed by atoms with Gasteiger partial charge in [0.15, 0.2) is 0 Å². The molecule has 0 aliphatic carbocycles. The summed E-state index contributed by atoms with van der Waals surface area (Å²) < 4.78 is 6.32. The van der Waals surface area contributed by atoms with Crippen LogP contribution in [0.4, 0.5) is 0 Å². The van der Waals surface area contributed by atoms with Gasteiger partial charge in [-0.1, -0.05) is 12.1 Å². The molecule has 2 N–H and O–H groups in total. The molecule has 0 fully saturated rings. The number of aryl methyl sites for hydroxylation is 1. The van der Waals surface area contributed by atoms with E-state index in [0.29, 0.717) is 17.2 Å². The minimum atomic E-state index is -0.533. The summed E-state index contributed by atoms with van der Waals surface area (Å²) in [5, 5.41) is 0. The van der Waals surface area contributed by atoms with Crippen molar-refractivity contribution in [3.05, 3.63) is 52.1 Å². The molecule has 2 rings (SSSR count). The topological polar surface area (TPSA) is 65.2 Å². The zero-order valence-corrected chi connectivity index (χ0v) is 11.3. The molecule has 0 bridgehead atoms. The van der Waals surface area contributed by atoms with Crippen LogP contribution in [0.2, 0.25) is 0 Å². The van der Waals surface area contributed by atoms with Gasteiger partial charge in [-0.2, -0.15) is 0 Å². The van der Waals surface area contributed by atoms with Gasteiger partial charge >= 0.3 is 0 Å². The molecule has 1 heterocycles. The van der Waals surface area contributed by atoms with Gasteiger partial charge < -0.3 is 10.5 Å². The average Bonchev–Trinajstić information content (AvgIpc) is 2.33. The Morgan fingerprint density at radius 3 is 2.78 bits per heavy atom. The Kier molecular flexibility index (Phi) is 3.62. The first-order valence-corrected chi connectivity index (χ1v) is 6.06. The fourth-order valence-corrected chi connectivity index (χ4v) is 2.00. The number of nitrogens with zero attached hydrogens (tertiary/aromatic N) is 1. The third kappa shape index (κ3) is 2.68. The Morgan fingerprint density at radius 2 is 2.11 bits per heavy atom. The van der Waals surface area contributed by atoms with Gasteiger partial charge in [-0.25, -0.2) is 4.98 Å². The number of carbonyl (C=O) groups excluding carboxylic acids is 1. The number of amides is 1. The van der Waals surface area contributed by atoms with Gasteiger partial charge in [-0.3, -0.25) is 4.79 Å². The number of primary amides is 1. The summed E-state index contributed by atoms with van der Waals surface area (Å²) in [6, 6.07) is 8.66. The minimum absolute atomic E-state index is 0.326. The largest absolute Gasteiger partial charge is 0.437 e. The molecule has 0 aliphatic heterocycles. The summed E-state index contributed by atoms with van der Waals surface area (Å²) in [7, 11) is 0. The van der Waals surface area contributed by atoms with Gasteiger partial charge in [0.05, 0.1) is 10.0 Å². The second-order valence-electron chi connectivity index (χ2n) is 3.76. The number of pyridine rings is 1. The molecule has 1 aromatic heterocycles. The molecule has 5 heteroatoms. The zero-order chi connectivity index (χ0) is 13.1. The molecule has 4 nitrogen and oxygen atoms in total. The Morgan fingerprint density at radius 1 is 1.39 bits per heavy atom. The molecule has 0 saturated heterocycles. The molecule has 0 radical (unpaired) electrons. The van der Waals surface area contributed by atoms with Gasteiger partial charge in [0.2, 0.25) is 5.88 Å². The van der Waals surface area contributed by atoms with Crippen LogP contribution in [0.15, 0.2) is 41.0 Å². The Bertz CT molecular complexity index is 599. The number of rotatable bonds is 3. The van der Waals surface area contributed by atoms with Gasteiger partial charge in [0.25, 0.3) is 5.91 Å². The van der Waals surface area contributed by atoms with Crippen LogP contribution in [0, 0.1) is 6.92 Å². The van der Waals surface area contributed by atoms with Crippen molar-refractivity contribution in [2.75, 3.05) is 0 Å². The number of aromatic nitrogens is 1. The van der Waals surface area contributed by atoms with Crippen molar-refractivity contribution in [3.63, 3.8) is 0 Å². The summed E-state index contributed by atoms with van der Waals surface area (Å²) >= 11 is 3.36. The van der Waals surface area contributed by atoms with E-state index in [9.17, 15) is 4.79 Å². The van der Waals surface area contributed by atoms with Crippen LogP contribution >= 0.6 is 15.9 Å². The van der Waals surface area contributed by atoms with Crippen LogP contribution < -0.4 is 10.5 Å². The first-order valence-electron chi connectivity index (χ1n) is 5.27. The fourth-order valence-electron chi connectivity index (χ4n) is 1.46. The maximum absolute atomic E-state index is 11.3. The molecule has 92 valence electrons. The van der Waals surface area contributed by atoms with E-state index in [1.54, 1.807) is 30.5 Å². The lowest BCUT2D eigenvalue weighted by molar-refractivity contribution is 0.0998.